The second-order valence-electron chi connectivity index (χ2n) is 6.01. The van der Waals surface area contributed by atoms with Crippen LogP contribution in [0.25, 0.3) is 10.8 Å². The van der Waals surface area contributed by atoms with Gasteiger partial charge in [-0.25, -0.2) is 4.98 Å². The van der Waals surface area contributed by atoms with Gasteiger partial charge in [0.2, 0.25) is 5.88 Å². The number of fused-ring (bicyclic) bond motifs is 3. The van der Waals surface area contributed by atoms with Crippen LogP contribution in [0.3, 0.4) is 0 Å². The Hall–Kier alpha value is -1.77. The average molecular weight is 257 g/mol. The molecule has 2 heterocycles. The van der Waals surface area contributed by atoms with E-state index in [2.05, 4.69) is 37.9 Å². The van der Waals surface area contributed by atoms with E-state index in [-0.39, 0.29) is 5.41 Å². The third-order valence-electron chi connectivity index (χ3n) is 3.56. The minimum atomic E-state index is -0.0281. The Bertz CT molecular complexity index is 641. The predicted octanol–water partition coefficient (Wildman–Crippen LogP) is 3.48. The smallest absolute Gasteiger partial charge is 0.213 e. The molecule has 0 fully saturated rings. The summed E-state index contributed by atoms with van der Waals surface area (Å²) in [6.07, 6.45) is 0.987. The Morgan fingerprint density at radius 1 is 1.21 bits per heavy atom. The van der Waals surface area contributed by atoms with Crippen LogP contribution in [0.1, 0.15) is 32.0 Å². The minimum Gasteiger partial charge on any atom is -0.492 e. The zero-order valence-electron chi connectivity index (χ0n) is 11.9. The molecule has 100 valence electrons. The van der Waals surface area contributed by atoms with Gasteiger partial charge in [-0.2, -0.15) is 0 Å². The number of ether oxygens (including phenoxy) is 2. The molecule has 1 aromatic carbocycles. The van der Waals surface area contributed by atoms with Crippen molar-refractivity contribution in [1.82, 2.24) is 4.98 Å². The van der Waals surface area contributed by atoms with Crippen molar-refractivity contribution in [3.63, 3.8) is 0 Å². The molecule has 3 nitrogen and oxygen atoms in total. The van der Waals surface area contributed by atoms with Crippen LogP contribution < -0.4 is 9.47 Å². The molecule has 0 bridgehead atoms. The fourth-order valence-electron chi connectivity index (χ4n) is 2.63. The normalized spacial score (nSPS) is 14.3. The van der Waals surface area contributed by atoms with Gasteiger partial charge in [0, 0.05) is 28.7 Å². The Morgan fingerprint density at radius 3 is 2.68 bits per heavy atom. The first-order valence-corrected chi connectivity index (χ1v) is 6.64. The van der Waals surface area contributed by atoms with Crippen molar-refractivity contribution >= 4 is 10.8 Å². The maximum Gasteiger partial charge on any atom is 0.213 e. The topological polar surface area (TPSA) is 31.4 Å². The van der Waals surface area contributed by atoms with Crippen molar-refractivity contribution in [2.24, 2.45) is 0 Å². The van der Waals surface area contributed by atoms with Gasteiger partial charge in [-0.05, 0) is 5.56 Å². The lowest BCUT2D eigenvalue weighted by atomic mass is 9.87. The van der Waals surface area contributed by atoms with E-state index in [9.17, 15) is 0 Å². The van der Waals surface area contributed by atoms with E-state index in [1.54, 1.807) is 7.11 Å². The summed E-state index contributed by atoms with van der Waals surface area (Å²) in [5.41, 5.74) is 2.31. The van der Waals surface area contributed by atoms with E-state index >= 15 is 0 Å². The summed E-state index contributed by atoms with van der Waals surface area (Å²) in [5.74, 6) is 1.66. The van der Waals surface area contributed by atoms with E-state index in [0.717, 1.165) is 35.2 Å². The van der Waals surface area contributed by atoms with Gasteiger partial charge < -0.3 is 9.47 Å². The van der Waals surface area contributed by atoms with Gasteiger partial charge in [0.15, 0.2) is 0 Å². The monoisotopic (exact) mass is 257 g/mol. The minimum absolute atomic E-state index is 0.0281. The molecule has 0 radical (unpaired) electrons. The van der Waals surface area contributed by atoms with E-state index in [1.807, 2.05) is 6.07 Å². The molecule has 0 amide bonds. The molecule has 0 spiro atoms. The molecule has 1 aliphatic rings. The molecule has 0 saturated heterocycles. The number of nitrogens with zero attached hydrogens (tertiary/aromatic N) is 1. The molecule has 19 heavy (non-hydrogen) atoms. The highest BCUT2D eigenvalue weighted by Gasteiger charge is 2.24. The molecule has 3 rings (SSSR count). The number of rotatable bonds is 1. The van der Waals surface area contributed by atoms with Crippen LogP contribution in [-0.2, 0) is 11.8 Å². The summed E-state index contributed by atoms with van der Waals surface area (Å²) in [4.78, 5) is 4.64. The predicted molar refractivity (Wildman–Crippen MR) is 76.2 cm³/mol. The van der Waals surface area contributed by atoms with E-state index in [4.69, 9.17) is 9.47 Å². The summed E-state index contributed by atoms with van der Waals surface area (Å²) in [7, 11) is 1.66. The van der Waals surface area contributed by atoms with Gasteiger partial charge in [-0.1, -0.05) is 32.9 Å². The van der Waals surface area contributed by atoms with Crippen LogP contribution in [-0.4, -0.2) is 18.7 Å². The van der Waals surface area contributed by atoms with Crippen LogP contribution in [0.15, 0.2) is 18.2 Å². The Labute approximate surface area is 113 Å². The molecule has 0 unspecified atom stereocenters. The summed E-state index contributed by atoms with van der Waals surface area (Å²) < 4.78 is 11.1. The van der Waals surface area contributed by atoms with Gasteiger partial charge in [0.25, 0.3) is 0 Å². The average Bonchev–Trinajstić information content (AvgIpc) is 2.84. The van der Waals surface area contributed by atoms with Crippen molar-refractivity contribution in [3.8, 4) is 11.6 Å². The summed E-state index contributed by atoms with van der Waals surface area (Å²) in [6.45, 7) is 7.27. The molecule has 0 aliphatic carbocycles. The van der Waals surface area contributed by atoms with E-state index < -0.39 is 0 Å². The van der Waals surface area contributed by atoms with Crippen LogP contribution in [0.2, 0.25) is 0 Å². The molecular formula is C16H19NO2. The fourth-order valence-corrected chi connectivity index (χ4v) is 2.63. The van der Waals surface area contributed by atoms with E-state index in [1.165, 1.54) is 5.56 Å². The lowest BCUT2D eigenvalue weighted by Gasteiger charge is -2.21. The largest absolute Gasteiger partial charge is 0.492 e. The van der Waals surface area contributed by atoms with Crippen molar-refractivity contribution in [2.45, 2.75) is 32.6 Å². The first-order valence-electron chi connectivity index (χ1n) is 6.64. The molecule has 0 saturated carbocycles. The van der Waals surface area contributed by atoms with Crippen molar-refractivity contribution < 1.29 is 9.47 Å². The van der Waals surface area contributed by atoms with Crippen LogP contribution in [0.4, 0.5) is 0 Å². The standard InChI is InChI=1S/C16H19NO2/c1-16(2,3)15-11-6-5-10-7-8-19-14(10)12(11)9-13(17-15)18-4/h5-6,9H,7-8H2,1-4H3. The Balaban J connectivity index is 2.38. The first-order chi connectivity index (χ1) is 9.00. The number of pyridine rings is 1. The maximum atomic E-state index is 5.80. The summed E-state index contributed by atoms with van der Waals surface area (Å²) >= 11 is 0. The van der Waals surface area contributed by atoms with Crippen molar-refractivity contribution in [3.05, 3.63) is 29.5 Å². The van der Waals surface area contributed by atoms with Crippen LogP contribution in [0.5, 0.6) is 11.6 Å². The number of hydrogen-bond donors (Lipinski definition) is 0. The molecular weight excluding hydrogens is 238 g/mol. The second kappa shape index (κ2) is 4.12. The third kappa shape index (κ3) is 1.93. The number of hydrogen-bond acceptors (Lipinski definition) is 3. The SMILES string of the molecule is COc1cc2c3c(ccc2c(C(C)(C)C)n1)CCO3. The molecule has 0 atom stereocenters. The van der Waals surface area contributed by atoms with Crippen LogP contribution in [0, 0.1) is 0 Å². The number of methoxy groups -OCH3 is 1. The van der Waals surface area contributed by atoms with E-state index in [0.29, 0.717) is 5.88 Å². The fraction of sp³-hybridized carbons (Fsp3) is 0.438. The lowest BCUT2D eigenvalue weighted by molar-refractivity contribution is 0.359. The highest BCUT2D eigenvalue weighted by atomic mass is 16.5. The Morgan fingerprint density at radius 2 is 2.00 bits per heavy atom. The molecule has 1 aliphatic heterocycles. The molecule has 0 N–H and O–H groups in total. The lowest BCUT2D eigenvalue weighted by Crippen LogP contribution is -2.14. The number of benzene rings is 1. The molecule has 3 heteroatoms. The van der Waals surface area contributed by atoms with Gasteiger partial charge >= 0.3 is 0 Å². The molecule has 1 aromatic heterocycles. The number of aromatic nitrogens is 1. The maximum absolute atomic E-state index is 5.80. The van der Waals surface area contributed by atoms with Gasteiger partial charge in [0.05, 0.1) is 19.4 Å². The second-order valence-corrected chi connectivity index (χ2v) is 6.01. The highest BCUT2D eigenvalue weighted by Crippen LogP contribution is 2.39. The van der Waals surface area contributed by atoms with Crippen molar-refractivity contribution in [1.29, 1.82) is 0 Å². The molecule has 2 aromatic rings. The quantitative estimate of drug-likeness (QED) is 0.783. The first kappa shape index (κ1) is 12.3. The third-order valence-corrected chi connectivity index (χ3v) is 3.56. The zero-order valence-corrected chi connectivity index (χ0v) is 11.9. The van der Waals surface area contributed by atoms with Gasteiger partial charge in [-0.3, -0.25) is 0 Å². The van der Waals surface area contributed by atoms with Crippen LogP contribution >= 0.6 is 0 Å². The zero-order chi connectivity index (χ0) is 13.6. The van der Waals surface area contributed by atoms with Gasteiger partial charge in [0.1, 0.15) is 5.75 Å². The summed E-state index contributed by atoms with van der Waals surface area (Å²) in [6, 6.07) is 6.30. The van der Waals surface area contributed by atoms with Gasteiger partial charge in [-0.15, -0.1) is 0 Å². The van der Waals surface area contributed by atoms with Crippen molar-refractivity contribution in [2.75, 3.05) is 13.7 Å². The Kier molecular flexibility index (Phi) is 2.66. The summed E-state index contributed by atoms with van der Waals surface area (Å²) in [5, 5.41) is 2.28. The highest BCUT2D eigenvalue weighted by molar-refractivity contribution is 5.93.